The van der Waals surface area contributed by atoms with Crippen LogP contribution >= 0.6 is 22.6 Å². The molecule has 3 unspecified atom stereocenters. The van der Waals surface area contributed by atoms with Crippen molar-refractivity contribution in [2.24, 2.45) is 5.41 Å². The van der Waals surface area contributed by atoms with Crippen molar-refractivity contribution in [3.8, 4) is 0 Å². The number of halogens is 2. The Kier molecular flexibility index (Phi) is 4.36. The van der Waals surface area contributed by atoms with Gasteiger partial charge in [0.2, 0.25) is 0 Å². The molecule has 1 saturated heterocycles. The predicted molar refractivity (Wildman–Crippen MR) is 78.6 cm³/mol. The average Bonchev–Trinajstić information content (AvgIpc) is 3.07. The molecule has 0 radical (unpaired) electrons. The molecule has 19 heavy (non-hydrogen) atoms. The minimum absolute atomic E-state index is 0.0351. The van der Waals surface area contributed by atoms with Crippen LogP contribution in [0.15, 0.2) is 0 Å². The first kappa shape index (κ1) is 14.8. The number of alkyl halides is 2. The monoisotopic (exact) mass is 490 g/mol. The number of ether oxygens (including phenoxy) is 1. The van der Waals surface area contributed by atoms with E-state index in [-0.39, 0.29) is 37.0 Å². The van der Waals surface area contributed by atoms with Gasteiger partial charge in [0, 0.05) is 0 Å². The Balaban J connectivity index is 1.76. The normalized spacial score (nSPS) is 37.9. The van der Waals surface area contributed by atoms with E-state index in [9.17, 15) is 4.79 Å². The molecule has 0 aromatic heterocycles. The van der Waals surface area contributed by atoms with Gasteiger partial charge < -0.3 is 0 Å². The Hall–Kier alpha value is 0.890. The molecule has 5 heteroatoms. The molecule has 0 amide bonds. The number of hydrogen-bond acceptors (Lipinski definition) is 3. The fourth-order valence-corrected chi connectivity index (χ4v) is 7.34. The van der Waals surface area contributed by atoms with Crippen molar-refractivity contribution in [1.82, 2.24) is 3.53 Å². The van der Waals surface area contributed by atoms with Gasteiger partial charge in [-0.05, 0) is 0 Å². The van der Waals surface area contributed by atoms with Crippen molar-refractivity contribution in [2.45, 2.75) is 71.9 Å². The zero-order valence-corrected chi connectivity index (χ0v) is 15.7. The van der Waals surface area contributed by atoms with Crippen LogP contribution in [0.5, 0.6) is 0 Å². The summed E-state index contributed by atoms with van der Waals surface area (Å²) in [5.41, 5.74) is 0.178. The summed E-state index contributed by atoms with van der Waals surface area (Å²) in [6, 6.07) is 0. The first-order valence-electron chi connectivity index (χ1n) is 7.37. The van der Waals surface area contributed by atoms with Crippen LogP contribution in [0.1, 0.15) is 58.3 Å². The summed E-state index contributed by atoms with van der Waals surface area (Å²) in [4.78, 5) is 12.4. The van der Waals surface area contributed by atoms with E-state index in [1.54, 1.807) is 0 Å². The van der Waals surface area contributed by atoms with Crippen LogP contribution in [-0.4, -0.2) is 19.5 Å². The Bertz CT molecular complexity index is 361. The average molecular weight is 490 g/mol. The van der Waals surface area contributed by atoms with E-state index >= 15 is 0 Å². The Morgan fingerprint density at radius 2 is 2.00 bits per heavy atom. The van der Waals surface area contributed by atoms with E-state index in [0.29, 0.717) is 9.46 Å². The van der Waals surface area contributed by atoms with Crippen LogP contribution in [0.4, 0.5) is 0 Å². The summed E-state index contributed by atoms with van der Waals surface area (Å²) in [5, 5.41) is 0. The van der Waals surface area contributed by atoms with Gasteiger partial charge in [0.25, 0.3) is 0 Å². The van der Waals surface area contributed by atoms with Crippen molar-refractivity contribution in [3.63, 3.8) is 0 Å². The molecule has 1 N–H and O–H groups in total. The third-order valence-electron chi connectivity index (χ3n) is 5.35. The first-order valence-corrected chi connectivity index (χ1v) is 10.9. The van der Waals surface area contributed by atoms with Crippen LogP contribution in [0.25, 0.3) is 0 Å². The van der Waals surface area contributed by atoms with E-state index < -0.39 is 0 Å². The Labute approximate surface area is 139 Å². The van der Waals surface area contributed by atoms with Gasteiger partial charge >= 0.3 is 140 Å². The van der Waals surface area contributed by atoms with Gasteiger partial charge in [-0.2, -0.15) is 0 Å². The zero-order chi connectivity index (χ0) is 13.5. The molecule has 2 saturated carbocycles. The molecule has 1 heterocycles. The fraction of sp³-hybridized carbons (Fsp3) is 0.929. The molecule has 0 bridgehead atoms. The van der Waals surface area contributed by atoms with Crippen LogP contribution in [-0.2, 0) is 9.53 Å². The van der Waals surface area contributed by atoms with Crippen LogP contribution in [0.2, 0.25) is 0 Å². The Morgan fingerprint density at radius 1 is 1.37 bits per heavy atom. The second kappa shape index (κ2) is 5.59. The molecule has 0 aromatic rings. The van der Waals surface area contributed by atoms with Crippen molar-refractivity contribution >= 4 is 28.6 Å². The Morgan fingerprint density at radius 3 is 2.58 bits per heavy atom. The number of carbonyl (C=O) groups excluding carboxylic acids is 1. The maximum atomic E-state index is 12.4. The third-order valence-corrected chi connectivity index (χ3v) is 10.0. The number of hydrogen-bond donors (Lipinski definition) is 1. The second-order valence-electron chi connectivity index (χ2n) is 6.13. The van der Waals surface area contributed by atoms with Crippen LogP contribution in [0.3, 0.4) is 0 Å². The molecule has 1 aliphatic heterocycles. The molecule has 2 aliphatic carbocycles. The molecular weight excluding hydrogens is 468 g/mol. The molecule has 0 aromatic carbocycles. The van der Waals surface area contributed by atoms with Gasteiger partial charge in [-0.1, -0.05) is 0 Å². The van der Waals surface area contributed by atoms with Crippen LogP contribution in [0, 0.1) is 5.41 Å². The third kappa shape index (κ3) is 2.56. The molecule has 3 rings (SSSR count). The number of carbonyl (C=O) groups is 1. The molecule has 3 fully saturated rings. The SMILES string of the molecule is CCC1(OC(=O)C(I)C2N[I-]2)CCCC12CCCC2. The van der Waals surface area contributed by atoms with Gasteiger partial charge in [-0.25, -0.2) is 0 Å². The van der Waals surface area contributed by atoms with Gasteiger partial charge in [0.15, 0.2) is 0 Å². The standard InChI is InChI=1S/C14H22I2NO2/c1-2-14(19-12(18)10(15)11-16-17-11)9-5-8-13(14)6-3-4-7-13/h10-11,17H,2-9H2,1H3/q-1. The predicted octanol–water partition coefficient (Wildman–Crippen LogP) is 0.160. The maximum absolute atomic E-state index is 12.4. The van der Waals surface area contributed by atoms with Gasteiger partial charge in [0.05, 0.1) is 0 Å². The summed E-state index contributed by atoms with van der Waals surface area (Å²) in [5.74, 6) is 0.0466. The van der Waals surface area contributed by atoms with Gasteiger partial charge in [-0.15, -0.1) is 0 Å². The van der Waals surface area contributed by atoms with Crippen molar-refractivity contribution < 1.29 is 31.0 Å². The fourth-order valence-electron chi connectivity index (χ4n) is 4.26. The number of nitrogens with one attached hydrogen (secondary N) is 1. The van der Waals surface area contributed by atoms with E-state index in [2.05, 4.69) is 33.0 Å². The molecule has 1 spiro atoms. The minimum atomic E-state index is -0.142. The molecule has 3 aliphatic rings. The summed E-state index contributed by atoms with van der Waals surface area (Å²) in [6.07, 6.45) is 9.78. The number of esters is 1. The van der Waals surface area contributed by atoms with E-state index in [1.807, 2.05) is 0 Å². The summed E-state index contributed by atoms with van der Waals surface area (Å²) < 4.78 is 10.0. The molecule has 3 atom stereocenters. The van der Waals surface area contributed by atoms with Crippen molar-refractivity contribution in [1.29, 1.82) is 0 Å². The molecule has 3 nitrogen and oxygen atoms in total. The van der Waals surface area contributed by atoms with E-state index in [1.165, 1.54) is 38.5 Å². The zero-order valence-electron chi connectivity index (χ0n) is 11.4. The summed E-state index contributed by atoms with van der Waals surface area (Å²) in [7, 11) is 0. The summed E-state index contributed by atoms with van der Waals surface area (Å²) >= 11 is 2.35. The molecular formula is C14H22I2NO2-. The van der Waals surface area contributed by atoms with Gasteiger partial charge in [0.1, 0.15) is 0 Å². The second-order valence-corrected chi connectivity index (χ2v) is 10.1. The van der Waals surface area contributed by atoms with E-state index in [4.69, 9.17) is 4.74 Å². The van der Waals surface area contributed by atoms with Crippen molar-refractivity contribution in [2.75, 3.05) is 0 Å². The molecule has 110 valence electrons. The first-order chi connectivity index (χ1) is 9.12. The van der Waals surface area contributed by atoms with Crippen molar-refractivity contribution in [3.05, 3.63) is 0 Å². The topological polar surface area (TPSA) is 48.2 Å². The number of rotatable bonds is 4. The van der Waals surface area contributed by atoms with Crippen LogP contribution < -0.4 is 25.0 Å². The van der Waals surface area contributed by atoms with E-state index in [0.717, 1.165) is 12.8 Å². The van der Waals surface area contributed by atoms with Gasteiger partial charge in [-0.3, -0.25) is 0 Å². The summed E-state index contributed by atoms with van der Waals surface area (Å²) in [6.45, 7) is 2.21. The quantitative estimate of drug-likeness (QED) is 0.153.